The lowest BCUT2D eigenvalue weighted by Crippen LogP contribution is -2.57. The van der Waals surface area contributed by atoms with Crippen LogP contribution in [0.5, 0.6) is 0 Å². The van der Waals surface area contributed by atoms with E-state index in [2.05, 4.69) is 17.6 Å². The smallest absolute Gasteiger partial charge is 0.277 e. The van der Waals surface area contributed by atoms with E-state index in [0.29, 0.717) is 24.6 Å². The molecule has 1 unspecified atom stereocenters. The highest BCUT2D eigenvalue weighted by Gasteiger charge is 2.36. The first-order valence-electron chi connectivity index (χ1n) is 8.12. The minimum Gasteiger partial charge on any atom is -0.370 e. The standard InChI is InChI=1S/C17H26N4O2/c1-4-6-12-21-16(22)14(19-13-10-8-7-9-11-13)15(18-5-2)20(3)17(21)23/h7-11,17-19,23H,4-6,12H2,1-3H3. The first-order valence-corrected chi connectivity index (χ1v) is 8.12. The Labute approximate surface area is 137 Å². The van der Waals surface area contributed by atoms with Crippen LogP contribution in [-0.4, -0.2) is 47.3 Å². The van der Waals surface area contributed by atoms with E-state index in [4.69, 9.17) is 0 Å². The van der Waals surface area contributed by atoms with Gasteiger partial charge in [0, 0.05) is 25.8 Å². The number of benzene rings is 1. The van der Waals surface area contributed by atoms with Gasteiger partial charge in [-0.3, -0.25) is 9.69 Å². The van der Waals surface area contributed by atoms with Crippen molar-refractivity contribution in [3.8, 4) is 0 Å². The summed E-state index contributed by atoms with van der Waals surface area (Å²) in [4.78, 5) is 16.0. The minimum absolute atomic E-state index is 0.191. The van der Waals surface area contributed by atoms with Gasteiger partial charge in [-0.25, -0.2) is 0 Å². The Balaban J connectivity index is 2.35. The average Bonchev–Trinajstić information content (AvgIpc) is 2.57. The maximum atomic E-state index is 12.9. The molecule has 0 fully saturated rings. The second-order valence-electron chi connectivity index (χ2n) is 5.55. The highest BCUT2D eigenvalue weighted by molar-refractivity contribution is 5.97. The maximum Gasteiger partial charge on any atom is 0.277 e. The molecule has 1 heterocycles. The zero-order valence-corrected chi connectivity index (χ0v) is 14.0. The second kappa shape index (κ2) is 7.87. The Morgan fingerprint density at radius 2 is 1.91 bits per heavy atom. The number of anilines is 1. The first-order chi connectivity index (χ1) is 11.1. The van der Waals surface area contributed by atoms with Crippen LogP contribution >= 0.6 is 0 Å². The summed E-state index contributed by atoms with van der Waals surface area (Å²) in [6.45, 7) is 5.21. The van der Waals surface area contributed by atoms with Gasteiger partial charge in [0.15, 0.2) is 0 Å². The van der Waals surface area contributed by atoms with Crippen LogP contribution in [0.4, 0.5) is 5.69 Å². The number of amides is 1. The molecule has 1 atom stereocenters. The maximum absolute atomic E-state index is 12.9. The third-order valence-corrected chi connectivity index (χ3v) is 3.83. The van der Waals surface area contributed by atoms with Crippen molar-refractivity contribution in [2.24, 2.45) is 0 Å². The number of hydrogen-bond donors (Lipinski definition) is 3. The quantitative estimate of drug-likeness (QED) is 0.714. The number of nitrogens with zero attached hydrogens (tertiary/aromatic N) is 2. The molecule has 126 valence electrons. The lowest BCUT2D eigenvalue weighted by molar-refractivity contribution is -0.154. The van der Waals surface area contributed by atoms with E-state index in [1.165, 1.54) is 4.90 Å². The topological polar surface area (TPSA) is 67.8 Å². The molecule has 2 rings (SSSR count). The van der Waals surface area contributed by atoms with Crippen molar-refractivity contribution in [2.75, 3.05) is 25.5 Å². The van der Waals surface area contributed by atoms with Gasteiger partial charge in [-0.2, -0.15) is 0 Å². The molecular formula is C17H26N4O2. The van der Waals surface area contributed by atoms with Gasteiger partial charge in [0.25, 0.3) is 5.91 Å². The summed E-state index contributed by atoms with van der Waals surface area (Å²) < 4.78 is 0. The largest absolute Gasteiger partial charge is 0.370 e. The van der Waals surface area contributed by atoms with Crippen LogP contribution in [0.1, 0.15) is 26.7 Å². The predicted octanol–water partition coefficient (Wildman–Crippen LogP) is 1.73. The molecule has 1 amide bonds. The summed E-state index contributed by atoms with van der Waals surface area (Å²) in [6, 6.07) is 9.57. The molecule has 3 N–H and O–H groups in total. The second-order valence-corrected chi connectivity index (χ2v) is 5.55. The fourth-order valence-corrected chi connectivity index (χ4v) is 2.56. The summed E-state index contributed by atoms with van der Waals surface area (Å²) in [5, 5.41) is 16.8. The van der Waals surface area contributed by atoms with Gasteiger partial charge in [-0.05, 0) is 25.5 Å². The summed E-state index contributed by atoms with van der Waals surface area (Å²) >= 11 is 0. The van der Waals surface area contributed by atoms with Gasteiger partial charge < -0.3 is 20.6 Å². The Morgan fingerprint density at radius 3 is 2.52 bits per heavy atom. The molecule has 0 saturated carbocycles. The molecule has 1 aromatic rings. The molecule has 0 aliphatic carbocycles. The van der Waals surface area contributed by atoms with Crippen LogP contribution in [0, 0.1) is 0 Å². The van der Waals surface area contributed by atoms with Crippen molar-refractivity contribution in [3.63, 3.8) is 0 Å². The van der Waals surface area contributed by atoms with Crippen molar-refractivity contribution in [3.05, 3.63) is 41.8 Å². The van der Waals surface area contributed by atoms with Crippen LogP contribution in [0.3, 0.4) is 0 Å². The highest BCUT2D eigenvalue weighted by atomic mass is 16.3. The monoisotopic (exact) mass is 318 g/mol. The van der Waals surface area contributed by atoms with Gasteiger partial charge >= 0.3 is 0 Å². The number of hydrogen-bond acceptors (Lipinski definition) is 5. The van der Waals surface area contributed by atoms with Crippen molar-refractivity contribution >= 4 is 11.6 Å². The van der Waals surface area contributed by atoms with E-state index in [0.717, 1.165) is 18.5 Å². The fourth-order valence-electron chi connectivity index (χ4n) is 2.56. The van der Waals surface area contributed by atoms with Crippen LogP contribution < -0.4 is 10.6 Å². The highest BCUT2D eigenvalue weighted by Crippen LogP contribution is 2.23. The lowest BCUT2D eigenvalue weighted by atomic mass is 10.2. The van der Waals surface area contributed by atoms with E-state index in [1.54, 1.807) is 11.9 Å². The summed E-state index contributed by atoms with van der Waals surface area (Å²) in [6.07, 6.45) is 0.862. The number of aliphatic hydroxyl groups excluding tert-OH is 1. The molecule has 0 aromatic heterocycles. The van der Waals surface area contributed by atoms with E-state index >= 15 is 0 Å². The molecule has 0 saturated heterocycles. The van der Waals surface area contributed by atoms with Crippen LogP contribution in [0.2, 0.25) is 0 Å². The van der Waals surface area contributed by atoms with Gasteiger partial charge in [0.2, 0.25) is 6.35 Å². The zero-order valence-electron chi connectivity index (χ0n) is 14.0. The molecule has 0 bridgehead atoms. The lowest BCUT2D eigenvalue weighted by Gasteiger charge is -2.42. The van der Waals surface area contributed by atoms with Gasteiger partial charge in [0.05, 0.1) is 0 Å². The van der Waals surface area contributed by atoms with Gasteiger partial charge in [-0.15, -0.1) is 0 Å². The Kier molecular flexibility index (Phi) is 5.87. The third kappa shape index (κ3) is 3.76. The van der Waals surface area contributed by atoms with Gasteiger partial charge in [0.1, 0.15) is 11.5 Å². The van der Waals surface area contributed by atoms with E-state index < -0.39 is 6.35 Å². The van der Waals surface area contributed by atoms with Crippen molar-refractivity contribution in [2.45, 2.75) is 33.0 Å². The Morgan fingerprint density at radius 1 is 1.22 bits per heavy atom. The molecule has 6 nitrogen and oxygen atoms in total. The predicted molar refractivity (Wildman–Crippen MR) is 91.2 cm³/mol. The molecule has 1 aliphatic rings. The summed E-state index contributed by atoms with van der Waals surface area (Å²) in [5.41, 5.74) is 1.30. The third-order valence-electron chi connectivity index (χ3n) is 3.83. The number of carbonyl (C=O) groups excluding carboxylic acids is 1. The van der Waals surface area contributed by atoms with Crippen molar-refractivity contribution < 1.29 is 9.90 Å². The number of carbonyl (C=O) groups is 1. The summed E-state index contributed by atoms with van der Waals surface area (Å²) in [7, 11) is 1.78. The molecule has 0 radical (unpaired) electrons. The molecule has 1 aliphatic heterocycles. The molecule has 0 spiro atoms. The Bertz CT molecular complexity index is 559. The first kappa shape index (κ1) is 17.1. The average molecular weight is 318 g/mol. The molecule has 23 heavy (non-hydrogen) atoms. The number of nitrogens with one attached hydrogen (secondary N) is 2. The normalized spacial score (nSPS) is 18.4. The number of aliphatic hydroxyl groups is 1. The zero-order chi connectivity index (χ0) is 16.8. The number of para-hydroxylation sites is 1. The molecule has 6 heteroatoms. The van der Waals surface area contributed by atoms with E-state index in [1.807, 2.05) is 37.3 Å². The van der Waals surface area contributed by atoms with Crippen LogP contribution in [-0.2, 0) is 4.79 Å². The number of rotatable bonds is 7. The van der Waals surface area contributed by atoms with E-state index in [-0.39, 0.29) is 5.91 Å². The van der Waals surface area contributed by atoms with Crippen molar-refractivity contribution in [1.82, 2.24) is 15.1 Å². The number of unbranched alkanes of at least 4 members (excludes halogenated alkanes) is 1. The van der Waals surface area contributed by atoms with Crippen molar-refractivity contribution in [1.29, 1.82) is 0 Å². The molecular weight excluding hydrogens is 292 g/mol. The SMILES string of the molecule is CCCCN1C(=O)C(Nc2ccccc2)=C(NCC)N(C)C1O. The van der Waals surface area contributed by atoms with Crippen LogP contribution in [0.15, 0.2) is 41.8 Å². The fraction of sp³-hybridized carbons (Fsp3) is 0.471. The minimum atomic E-state index is -0.954. The van der Waals surface area contributed by atoms with Gasteiger partial charge in [-0.1, -0.05) is 31.5 Å². The summed E-state index contributed by atoms with van der Waals surface area (Å²) in [5.74, 6) is 0.422. The van der Waals surface area contributed by atoms with Crippen LogP contribution in [0.25, 0.3) is 0 Å². The molecule has 1 aromatic carbocycles. The Hall–Kier alpha value is -2.21. The van der Waals surface area contributed by atoms with E-state index in [9.17, 15) is 9.90 Å².